The molecule has 3 rings (SSSR count). The van der Waals surface area contributed by atoms with Gasteiger partial charge in [0.05, 0.1) is 15.7 Å². The molecule has 0 atom stereocenters. The summed E-state index contributed by atoms with van der Waals surface area (Å²) in [6, 6.07) is 10.6. The predicted molar refractivity (Wildman–Crippen MR) is 91.8 cm³/mol. The molecule has 0 amide bonds. The number of aromatic nitrogens is 2. The number of hydrogen-bond donors (Lipinski definition) is 0. The van der Waals surface area contributed by atoms with Crippen LogP contribution in [0.3, 0.4) is 0 Å². The lowest BCUT2D eigenvalue weighted by Gasteiger charge is -2.11. The van der Waals surface area contributed by atoms with E-state index in [0.29, 0.717) is 31.3 Å². The normalized spacial score (nSPS) is 10.7. The Morgan fingerprint density at radius 3 is 2.09 bits per heavy atom. The van der Waals surface area contributed by atoms with Crippen molar-refractivity contribution >= 4 is 46.4 Å². The summed E-state index contributed by atoms with van der Waals surface area (Å²) in [7, 11) is 0. The molecule has 0 saturated heterocycles. The molecule has 0 spiro atoms. The Kier molecular flexibility index (Phi) is 4.55. The highest BCUT2D eigenvalue weighted by molar-refractivity contribution is 6.42. The van der Waals surface area contributed by atoms with Crippen molar-refractivity contribution in [2.75, 3.05) is 0 Å². The van der Waals surface area contributed by atoms with E-state index in [1.807, 2.05) is 12.1 Å². The maximum absolute atomic E-state index is 6.29. The molecule has 2 nitrogen and oxygen atoms in total. The molecule has 0 N–H and O–H groups in total. The second kappa shape index (κ2) is 6.43. The third-order valence-corrected chi connectivity index (χ3v) is 4.13. The molecule has 0 aliphatic rings. The van der Waals surface area contributed by atoms with Crippen LogP contribution in [0.2, 0.25) is 20.1 Å². The maximum atomic E-state index is 6.29. The number of rotatable bonds is 2. The highest BCUT2D eigenvalue weighted by Crippen LogP contribution is 2.40. The number of hydrogen-bond acceptors (Lipinski definition) is 2. The van der Waals surface area contributed by atoms with Crippen LogP contribution in [0.15, 0.2) is 42.6 Å². The van der Waals surface area contributed by atoms with Crippen LogP contribution in [0.25, 0.3) is 22.4 Å². The maximum Gasteiger partial charge on any atom is 0.198 e. The fourth-order valence-electron chi connectivity index (χ4n) is 2.09. The average Bonchev–Trinajstić information content (AvgIpc) is 2.48. The van der Waals surface area contributed by atoms with Crippen LogP contribution in [0.4, 0.5) is 0 Å². The molecule has 0 unspecified atom stereocenters. The van der Waals surface area contributed by atoms with Crippen molar-refractivity contribution in [2.24, 2.45) is 0 Å². The van der Waals surface area contributed by atoms with Crippen molar-refractivity contribution in [1.82, 2.24) is 9.97 Å². The predicted octanol–water partition coefficient (Wildman–Crippen LogP) is 6.22. The summed E-state index contributed by atoms with van der Waals surface area (Å²) in [6.45, 7) is 0. The first-order valence-corrected chi connectivity index (χ1v) is 7.71. The highest BCUT2D eigenvalue weighted by Gasteiger charge is 2.16. The van der Waals surface area contributed by atoms with E-state index in [1.54, 1.807) is 30.5 Å². The number of nitrogens with zero attached hydrogens (tertiary/aromatic N) is 2. The number of halogens is 4. The molecule has 0 aliphatic heterocycles. The fraction of sp³-hybridized carbons (Fsp3) is 0. The first-order chi connectivity index (χ1) is 10.6. The minimum Gasteiger partial charge on any atom is -0.233 e. The van der Waals surface area contributed by atoms with Gasteiger partial charge in [-0.3, -0.25) is 0 Å². The molecule has 1 radical (unpaired) electrons. The van der Waals surface area contributed by atoms with E-state index in [1.165, 1.54) is 0 Å². The third-order valence-electron chi connectivity index (χ3n) is 3.07. The zero-order chi connectivity index (χ0) is 15.7. The molecule has 0 bridgehead atoms. The van der Waals surface area contributed by atoms with Crippen molar-refractivity contribution in [1.29, 1.82) is 0 Å². The van der Waals surface area contributed by atoms with Crippen LogP contribution in [-0.2, 0) is 0 Å². The average molecular weight is 369 g/mol. The second-order valence-electron chi connectivity index (χ2n) is 4.48. The zero-order valence-corrected chi connectivity index (χ0v) is 14.0. The molecular weight excluding hydrogens is 362 g/mol. The Bertz CT molecular complexity index is 809. The van der Waals surface area contributed by atoms with Crippen molar-refractivity contribution in [3.63, 3.8) is 0 Å². The van der Waals surface area contributed by atoms with Gasteiger partial charge < -0.3 is 0 Å². The lowest BCUT2D eigenvalue weighted by atomic mass is 10.0. The molecule has 109 valence electrons. The first-order valence-electron chi connectivity index (χ1n) is 6.20. The smallest absolute Gasteiger partial charge is 0.198 e. The van der Waals surface area contributed by atoms with Crippen LogP contribution in [0.1, 0.15) is 0 Å². The van der Waals surface area contributed by atoms with Gasteiger partial charge in [0, 0.05) is 27.4 Å². The largest absolute Gasteiger partial charge is 0.233 e. The van der Waals surface area contributed by atoms with Crippen LogP contribution in [-0.4, -0.2) is 9.97 Å². The Balaban J connectivity index is 2.23. The minimum absolute atomic E-state index is 0.416. The van der Waals surface area contributed by atoms with E-state index in [9.17, 15) is 0 Å². The van der Waals surface area contributed by atoms with E-state index >= 15 is 0 Å². The Hall–Kier alpha value is -1.32. The molecular formula is C16H7Cl4N2. The standard InChI is InChI=1S/C16H7Cl4N2/c17-10-3-1-9(2-4-10)12-7-21-8-22-16(12)15-13(19)5-11(18)6-14(15)20/h1-7H. The summed E-state index contributed by atoms with van der Waals surface area (Å²) in [6.07, 6.45) is 4.23. The molecule has 6 heteroatoms. The van der Waals surface area contributed by atoms with Gasteiger partial charge in [0.1, 0.15) is 0 Å². The summed E-state index contributed by atoms with van der Waals surface area (Å²) in [4.78, 5) is 8.18. The third kappa shape index (κ3) is 3.06. The lowest BCUT2D eigenvalue weighted by Crippen LogP contribution is -1.93. The molecule has 22 heavy (non-hydrogen) atoms. The molecule has 1 heterocycles. The Labute approximate surface area is 147 Å². The van der Waals surface area contributed by atoms with Gasteiger partial charge in [0.15, 0.2) is 6.33 Å². The van der Waals surface area contributed by atoms with E-state index in [-0.39, 0.29) is 0 Å². The van der Waals surface area contributed by atoms with E-state index in [4.69, 9.17) is 46.4 Å². The molecule has 3 aromatic rings. The minimum atomic E-state index is 0.416. The summed E-state index contributed by atoms with van der Waals surface area (Å²) in [5, 5.41) is 1.95. The first kappa shape index (κ1) is 15.6. The van der Waals surface area contributed by atoms with Gasteiger partial charge >= 0.3 is 0 Å². The van der Waals surface area contributed by atoms with Crippen molar-refractivity contribution in [3.8, 4) is 22.4 Å². The molecule has 0 aliphatic carbocycles. The zero-order valence-electron chi connectivity index (χ0n) is 10.9. The van der Waals surface area contributed by atoms with Gasteiger partial charge in [-0.2, -0.15) is 0 Å². The van der Waals surface area contributed by atoms with E-state index in [0.717, 1.165) is 11.1 Å². The van der Waals surface area contributed by atoms with Gasteiger partial charge in [-0.25, -0.2) is 9.97 Å². The Morgan fingerprint density at radius 2 is 1.45 bits per heavy atom. The highest BCUT2D eigenvalue weighted by atomic mass is 35.5. The van der Waals surface area contributed by atoms with Gasteiger partial charge in [-0.15, -0.1) is 0 Å². The van der Waals surface area contributed by atoms with Gasteiger partial charge in [-0.1, -0.05) is 58.5 Å². The number of benzene rings is 2. The van der Waals surface area contributed by atoms with Crippen molar-refractivity contribution in [2.45, 2.75) is 0 Å². The van der Waals surface area contributed by atoms with Crippen LogP contribution < -0.4 is 0 Å². The van der Waals surface area contributed by atoms with Gasteiger partial charge in [0.2, 0.25) is 0 Å². The van der Waals surface area contributed by atoms with Crippen molar-refractivity contribution < 1.29 is 0 Å². The Morgan fingerprint density at radius 1 is 0.818 bits per heavy atom. The van der Waals surface area contributed by atoms with Crippen LogP contribution in [0, 0.1) is 6.33 Å². The van der Waals surface area contributed by atoms with Crippen molar-refractivity contribution in [3.05, 3.63) is 69.0 Å². The van der Waals surface area contributed by atoms with E-state index < -0.39 is 0 Å². The second-order valence-corrected chi connectivity index (χ2v) is 6.17. The topological polar surface area (TPSA) is 25.8 Å². The summed E-state index contributed by atoms with van der Waals surface area (Å²) < 4.78 is 0. The summed E-state index contributed by atoms with van der Waals surface area (Å²) in [5.41, 5.74) is 2.86. The fourth-order valence-corrected chi connectivity index (χ4v) is 3.22. The van der Waals surface area contributed by atoms with Crippen LogP contribution in [0.5, 0.6) is 0 Å². The molecule has 0 fully saturated rings. The van der Waals surface area contributed by atoms with Crippen LogP contribution >= 0.6 is 46.4 Å². The van der Waals surface area contributed by atoms with Gasteiger partial charge in [-0.05, 0) is 29.8 Å². The SMILES string of the molecule is Clc1ccc(-c2cn[c]nc2-c2c(Cl)cc(Cl)cc2Cl)cc1. The lowest BCUT2D eigenvalue weighted by molar-refractivity contribution is 1.16. The summed E-state index contributed by atoms with van der Waals surface area (Å²) >= 11 is 24.5. The molecule has 1 aromatic heterocycles. The molecule has 0 saturated carbocycles. The summed E-state index contributed by atoms with van der Waals surface area (Å²) in [5.74, 6) is 0. The van der Waals surface area contributed by atoms with E-state index in [2.05, 4.69) is 16.3 Å². The molecule has 2 aromatic carbocycles. The van der Waals surface area contributed by atoms with Gasteiger partial charge in [0.25, 0.3) is 0 Å². The quantitative estimate of drug-likeness (QED) is 0.536. The monoisotopic (exact) mass is 367 g/mol.